The molecule has 27 heavy (non-hydrogen) atoms. The minimum absolute atomic E-state index is 0.0188. The molecule has 0 aliphatic carbocycles. The van der Waals surface area contributed by atoms with Crippen LogP contribution in [0.5, 0.6) is 0 Å². The third-order valence-corrected chi connectivity index (χ3v) is 4.81. The van der Waals surface area contributed by atoms with Gasteiger partial charge in [0.1, 0.15) is 5.82 Å². The maximum Gasteiger partial charge on any atom is 0.286 e. The van der Waals surface area contributed by atoms with Crippen molar-refractivity contribution in [2.45, 2.75) is 85.0 Å². The van der Waals surface area contributed by atoms with Crippen LogP contribution in [0, 0.1) is 11.7 Å². The van der Waals surface area contributed by atoms with Crippen molar-refractivity contribution in [2.75, 3.05) is 19.8 Å². The summed E-state index contributed by atoms with van der Waals surface area (Å²) in [6.45, 7) is 9.63. The molecular formula is C23H39FO3. The smallest absolute Gasteiger partial charge is 0.286 e. The van der Waals surface area contributed by atoms with Crippen LogP contribution in [0.3, 0.4) is 0 Å². The number of unbranched alkanes of at least 4 members (excludes halogenated alkanes) is 5. The Morgan fingerprint density at radius 3 is 2.00 bits per heavy atom. The van der Waals surface area contributed by atoms with E-state index in [0.717, 1.165) is 18.4 Å². The van der Waals surface area contributed by atoms with E-state index in [-0.39, 0.29) is 11.7 Å². The molecule has 0 heterocycles. The zero-order valence-corrected chi connectivity index (χ0v) is 17.8. The molecule has 0 fully saturated rings. The van der Waals surface area contributed by atoms with Crippen LogP contribution in [0.25, 0.3) is 0 Å². The largest absolute Gasteiger partial charge is 0.328 e. The van der Waals surface area contributed by atoms with Gasteiger partial charge in [-0.2, -0.15) is 0 Å². The van der Waals surface area contributed by atoms with Gasteiger partial charge in [-0.1, -0.05) is 57.6 Å². The molecule has 0 N–H and O–H groups in total. The molecule has 1 aromatic carbocycles. The standard InChI is InChI=1S/C23H39FO3/c1-5-9-10-11-12-13-16-21(18-20-15-14-17-22(24)19-20)23(25-6-2,26-7-3)27-8-4/h14-15,17,19,21H,5-13,16,18H2,1-4H3. The first-order chi connectivity index (χ1) is 13.1. The third-order valence-electron chi connectivity index (χ3n) is 4.81. The summed E-state index contributed by atoms with van der Waals surface area (Å²) in [7, 11) is 0. The number of ether oxygens (including phenoxy) is 3. The molecule has 0 saturated carbocycles. The first kappa shape index (κ1) is 24.1. The Morgan fingerprint density at radius 1 is 0.852 bits per heavy atom. The predicted molar refractivity (Wildman–Crippen MR) is 109 cm³/mol. The highest BCUT2D eigenvalue weighted by Crippen LogP contribution is 2.33. The van der Waals surface area contributed by atoms with Crippen LogP contribution >= 0.6 is 0 Å². The summed E-state index contributed by atoms with van der Waals surface area (Å²) in [5.74, 6) is -1.25. The number of hydrogen-bond donors (Lipinski definition) is 0. The second-order valence-electron chi connectivity index (χ2n) is 6.99. The molecular weight excluding hydrogens is 343 g/mol. The third kappa shape index (κ3) is 8.71. The SMILES string of the molecule is CCCCCCCCC(Cc1cccc(F)c1)C(OCC)(OCC)OCC. The van der Waals surface area contributed by atoms with E-state index in [2.05, 4.69) is 6.92 Å². The van der Waals surface area contributed by atoms with E-state index < -0.39 is 5.97 Å². The molecule has 156 valence electrons. The Kier molecular flexibility index (Phi) is 12.6. The van der Waals surface area contributed by atoms with Crippen molar-refractivity contribution in [3.8, 4) is 0 Å². The summed E-state index contributed by atoms with van der Waals surface area (Å²) < 4.78 is 31.8. The average molecular weight is 383 g/mol. The van der Waals surface area contributed by atoms with Gasteiger partial charge in [-0.05, 0) is 51.3 Å². The molecule has 0 radical (unpaired) electrons. The summed E-state index contributed by atoms with van der Waals surface area (Å²) in [6.07, 6.45) is 9.00. The molecule has 1 unspecified atom stereocenters. The normalized spacial score (nSPS) is 13.1. The molecule has 0 aliphatic rings. The minimum Gasteiger partial charge on any atom is -0.328 e. The highest BCUT2D eigenvalue weighted by molar-refractivity contribution is 5.17. The number of halogens is 1. The zero-order valence-electron chi connectivity index (χ0n) is 17.8. The summed E-state index contributed by atoms with van der Waals surface area (Å²) in [5.41, 5.74) is 0.953. The summed E-state index contributed by atoms with van der Waals surface area (Å²) in [6, 6.07) is 6.80. The molecule has 0 bridgehead atoms. The van der Waals surface area contributed by atoms with Crippen molar-refractivity contribution in [1.82, 2.24) is 0 Å². The molecule has 0 amide bonds. The predicted octanol–water partition coefficient (Wildman–Crippen LogP) is 6.50. The van der Waals surface area contributed by atoms with E-state index in [1.165, 1.54) is 38.2 Å². The van der Waals surface area contributed by atoms with Crippen molar-refractivity contribution >= 4 is 0 Å². The summed E-state index contributed by atoms with van der Waals surface area (Å²) in [5, 5.41) is 0. The maximum atomic E-state index is 13.7. The van der Waals surface area contributed by atoms with Crippen LogP contribution in [0.2, 0.25) is 0 Å². The monoisotopic (exact) mass is 382 g/mol. The van der Waals surface area contributed by atoms with Gasteiger partial charge < -0.3 is 14.2 Å². The van der Waals surface area contributed by atoms with Crippen LogP contribution in [-0.2, 0) is 20.6 Å². The number of benzene rings is 1. The van der Waals surface area contributed by atoms with Gasteiger partial charge in [0.05, 0.1) is 0 Å². The highest BCUT2D eigenvalue weighted by Gasteiger charge is 2.41. The van der Waals surface area contributed by atoms with Gasteiger partial charge in [0, 0.05) is 25.7 Å². The Morgan fingerprint density at radius 2 is 1.44 bits per heavy atom. The topological polar surface area (TPSA) is 27.7 Å². The van der Waals surface area contributed by atoms with Gasteiger partial charge in [0.15, 0.2) is 0 Å². The molecule has 0 saturated heterocycles. The molecule has 0 spiro atoms. The van der Waals surface area contributed by atoms with E-state index in [0.29, 0.717) is 26.2 Å². The van der Waals surface area contributed by atoms with Gasteiger partial charge in [-0.25, -0.2) is 4.39 Å². The molecule has 1 atom stereocenters. The van der Waals surface area contributed by atoms with E-state index in [4.69, 9.17) is 14.2 Å². The van der Waals surface area contributed by atoms with Gasteiger partial charge in [0.25, 0.3) is 5.97 Å². The van der Waals surface area contributed by atoms with E-state index in [1.807, 2.05) is 26.8 Å². The van der Waals surface area contributed by atoms with Crippen molar-refractivity contribution in [3.05, 3.63) is 35.6 Å². The van der Waals surface area contributed by atoms with Crippen LogP contribution in [-0.4, -0.2) is 25.8 Å². The summed E-state index contributed by atoms with van der Waals surface area (Å²) in [4.78, 5) is 0. The van der Waals surface area contributed by atoms with E-state index >= 15 is 0 Å². The van der Waals surface area contributed by atoms with E-state index in [9.17, 15) is 4.39 Å². The molecule has 1 rings (SSSR count). The fourth-order valence-electron chi connectivity index (χ4n) is 3.61. The zero-order chi connectivity index (χ0) is 20.0. The Labute approximate surface area is 165 Å². The van der Waals surface area contributed by atoms with Crippen LogP contribution in [0.1, 0.15) is 78.2 Å². The second kappa shape index (κ2) is 14.1. The van der Waals surface area contributed by atoms with E-state index in [1.54, 1.807) is 12.1 Å². The highest BCUT2D eigenvalue weighted by atomic mass is 19.1. The quantitative estimate of drug-likeness (QED) is 0.241. The average Bonchev–Trinajstić information content (AvgIpc) is 2.64. The van der Waals surface area contributed by atoms with Crippen molar-refractivity contribution in [1.29, 1.82) is 0 Å². The van der Waals surface area contributed by atoms with Crippen LogP contribution in [0.4, 0.5) is 4.39 Å². The molecule has 0 aliphatic heterocycles. The second-order valence-corrected chi connectivity index (χ2v) is 6.99. The Bertz CT molecular complexity index is 475. The lowest BCUT2D eigenvalue weighted by molar-refractivity contribution is -0.402. The Balaban J connectivity index is 2.90. The maximum absolute atomic E-state index is 13.7. The summed E-state index contributed by atoms with van der Waals surface area (Å²) >= 11 is 0. The van der Waals surface area contributed by atoms with Crippen LogP contribution in [0.15, 0.2) is 24.3 Å². The van der Waals surface area contributed by atoms with Crippen LogP contribution < -0.4 is 0 Å². The van der Waals surface area contributed by atoms with Crippen molar-refractivity contribution in [2.24, 2.45) is 5.92 Å². The number of rotatable bonds is 16. The first-order valence-electron chi connectivity index (χ1n) is 10.8. The van der Waals surface area contributed by atoms with Gasteiger partial charge in [0.2, 0.25) is 0 Å². The molecule has 1 aromatic rings. The minimum atomic E-state index is -1.06. The molecule has 3 nitrogen and oxygen atoms in total. The van der Waals surface area contributed by atoms with Crippen molar-refractivity contribution in [3.63, 3.8) is 0 Å². The fourth-order valence-corrected chi connectivity index (χ4v) is 3.61. The lowest BCUT2D eigenvalue weighted by atomic mass is 9.90. The fraction of sp³-hybridized carbons (Fsp3) is 0.739. The lowest BCUT2D eigenvalue weighted by Crippen LogP contribution is -2.47. The van der Waals surface area contributed by atoms with Crippen molar-refractivity contribution < 1.29 is 18.6 Å². The molecule has 0 aromatic heterocycles. The van der Waals surface area contributed by atoms with Gasteiger partial charge >= 0.3 is 0 Å². The number of hydrogen-bond acceptors (Lipinski definition) is 3. The van der Waals surface area contributed by atoms with Gasteiger partial charge in [-0.15, -0.1) is 0 Å². The Hall–Kier alpha value is -0.970. The lowest BCUT2D eigenvalue weighted by Gasteiger charge is -2.39. The van der Waals surface area contributed by atoms with Gasteiger partial charge in [-0.3, -0.25) is 0 Å². The molecule has 4 heteroatoms. The first-order valence-corrected chi connectivity index (χ1v) is 10.8.